The van der Waals surface area contributed by atoms with Crippen LogP contribution in [-0.2, 0) is 0 Å². The molecule has 2 atom stereocenters. The molecule has 3 heteroatoms. The number of hydrogen-bond donors (Lipinski definition) is 1. The molecule has 1 aliphatic rings. The number of fused-ring (bicyclic) bond motifs is 1. The van der Waals surface area contributed by atoms with Crippen LogP contribution in [-0.4, -0.2) is 22.3 Å². The van der Waals surface area contributed by atoms with E-state index in [1.807, 2.05) is 30.3 Å². The van der Waals surface area contributed by atoms with E-state index in [0.717, 1.165) is 29.5 Å². The third kappa shape index (κ3) is 1.97. The Kier molecular flexibility index (Phi) is 3.38. The number of para-hydroxylation sites is 1. The highest BCUT2D eigenvalue weighted by molar-refractivity contribution is 5.79. The average molecular weight is 271 g/mol. The molecule has 3 nitrogen and oxygen atoms in total. The van der Waals surface area contributed by atoms with E-state index in [0.29, 0.717) is 6.42 Å². The van der Waals surface area contributed by atoms with Crippen LogP contribution in [0.15, 0.2) is 36.5 Å². The summed E-state index contributed by atoms with van der Waals surface area (Å²) in [6.45, 7) is 4.25. The quantitative estimate of drug-likeness (QED) is 0.924. The van der Waals surface area contributed by atoms with Gasteiger partial charge in [-0.25, -0.2) is 0 Å². The van der Waals surface area contributed by atoms with Crippen molar-refractivity contribution in [2.45, 2.75) is 45.3 Å². The minimum absolute atomic E-state index is 0.0916. The Morgan fingerprint density at radius 2 is 2.05 bits per heavy atom. The zero-order chi connectivity index (χ0) is 14.2. The topological polar surface area (TPSA) is 42.4 Å². The van der Waals surface area contributed by atoms with Gasteiger partial charge in [0.05, 0.1) is 17.8 Å². The molecule has 0 amide bonds. The van der Waals surface area contributed by atoms with Crippen LogP contribution in [0.2, 0.25) is 0 Å². The monoisotopic (exact) mass is 271 g/mol. The molecule has 0 radical (unpaired) electrons. The van der Waals surface area contributed by atoms with Crippen LogP contribution in [0.3, 0.4) is 0 Å². The molecule has 3 rings (SSSR count). The van der Waals surface area contributed by atoms with E-state index in [9.17, 15) is 5.11 Å². The average Bonchev–Trinajstić information content (AvgIpc) is 2.48. The van der Waals surface area contributed by atoms with E-state index in [4.69, 9.17) is 4.74 Å². The molecule has 20 heavy (non-hydrogen) atoms. The highest BCUT2D eigenvalue weighted by Gasteiger charge is 2.53. The second-order valence-electron chi connectivity index (χ2n) is 5.66. The Morgan fingerprint density at radius 1 is 1.30 bits per heavy atom. The van der Waals surface area contributed by atoms with Crippen LogP contribution >= 0.6 is 0 Å². The molecule has 1 fully saturated rings. The normalized spacial score (nSPS) is 24.4. The molecule has 1 heterocycles. The van der Waals surface area contributed by atoms with E-state index in [-0.39, 0.29) is 17.6 Å². The summed E-state index contributed by atoms with van der Waals surface area (Å²) in [4.78, 5) is 4.42. The maximum absolute atomic E-state index is 10.1. The first-order chi connectivity index (χ1) is 9.69. The second kappa shape index (κ2) is 5.06. The predicted octanol–water partition coefficient (Wildman–Crippen LogP) is 3.55. The van der Waals surface area contributed by atoms with E-state index >= 15 is 0 Å². The molecule has 0 aliphatic heterocycles. The van der Waals surface area contributed by atoms with Crippen molar-refractivity contribution in [3.8, 4) is 5.75 Å². The molecule has 1 saturated carbocycles. The molecule has 0 spiro atoms. The van der Waals surface area contributed by atoms with E-state index in [2.05, 4.69) is 18.8 Å². The van der Waals surface area contributed by atoms with E-state index < -0.39 is 0 Å². The molecule has 1 N–H and O–H groups in total. The molecule has 106 valence electrons. The summed E-state index contributed by atoms with van der Waals surface area (Å²) in [6.07, 6.45) is 4.23. The highest BCUT2D eigenvalue weighted by Crippen LogP contribution is 2.48. The van der Waals surface area contributed by atoms with Gasteiger partial charge in [0.1, 0.15) is 11.9 Å². The lowest BCUT2D eigenvalue weighted by molar-refractivity contribution is -0.159. The number of hydrogen-bond acceptors (Lipinski definition) is 3. The zero-order valence-corrected chi connectivity index (χ0v) is 12.0. The molecular formula is C17H21NO2. The van der Waals surface area contributed by atoms with Gasteiger partial charge in [-0.2, -0.15) is 0 Å². The van der Waals surface area contributed by atoms with Gasteiger partial charge in [0.25, 0.3) is 0 Å². The second-order valence-corrected chi connectivity index (χ2v) is 5.66. The van der Waals surface area contributed by atoms with Crippen molar-refractivity contribution in [1.29, 1.82) is 0 Å². The van der Waals surface area contributed by atoms with Crippen LogP contribution in [0.1, 0.15) is 33.1 Å². The summed E-state index contributed by atoms with van der Waals surface area (Å²) >= 11 is 0. The fourth-order valence-electron chi connectivity index (χ4n) is 3.35. The lowest BCUT2D eigenvalue weighted by Crippen LogP contribution is -2.59. The number of aliphatic hydroxyl groups is 1. The summed E-state index contributed by atoms with van der Waals surface area (Å²) in [5.41, 5.74) is 0.886. The molecule has 0 bridgehead atoms. The van der Waals surface area contributed by atoms with Crippen LogP contribution < -0.4 is 4.74 Å². The minimum Gasteiger partial charge on any atom is -0.488 e. The van der Waals surface area contributed by atoms with Crippen molar-refractivity contribution in [3.63, 3.8) is 0 Å². The summed E-state index contributed by atoms with van der Waals surface area (Å²) in [5.74, 6) is 0.798. The van der Waals surface area contributed by atoms with Crippen LogP contribution in [0.25, 0.3) is 10.9 Å². The highest BCUT2D eigenvalue weighted by atomic mass is 16.5. The Hall–Kier alpha value is -1.61. The maximum atomic E-state index is 10.1. The van der Waals surface area contributed by atoms with Crippen molar-refractivity contribution in [2.24, 2.45) is 5.41 Å². The molecule has 1 aromatic heterocycles. The Bertz CT molecular complexity index is 607. The van der Waals surface area contributed by atoms with Gasteiger partial charge in [-0.3, -0.25) is 4.98 Å². The summed E-state index contributed by atoms with van der Waals surface area (Å²) in [6, 6.07) is 10.1. The molecule has 1 aliphatic carbocycles. The van der Waals surface area contributed by atoms with Gasteiger partial charge in [0.15, 0.2) is 0 Å². The van der Waals surface area contributed by atoms with Crippen molar-refractivity contribution in [3.05, 3.63) is 36.5 Å². The van der Waals surface area contributed by atoms with Crippen LogP contribution in [0.4, 0.5) is 0 Å². The van der Waals surface area contributed by atoms with Gasteiger partial charge in [-0.1, -0.05) is 32.0 Å². The SMILES string of the molecule is CCC1(CC)C(O)CC1Oc1cnc2ccccc2c1. The minimum atomic E-state index is -0.240. The largest absolute Gasteiger partial charge is 0.488 e. The van der Waals surface area contributed by atoms with Crippen molar-refractivity contribution in [1.82, 2.24) is 4.98 Å². The number of pyridine rings is 1. The van der Waals surface area contributed by atoms with Crippen molar-refractivity contribution in [2.75, 3.05) is 0 Å². The maximum Gasteiger partial charge on any atom is 0.138 e. The van der Waals surface area contributed by atoms with Gasteiger partial charge in [-0.15, -0.1) is 0 Å². The third-order valence-electron chi connectivity index (χ3n) is 4.90. The number of benzene rings is 1. The van der Waals surface area contributed by atoms with Gasteiger partial charge in [0.2, 0.25) is 0 Å². The van der Waals surface area contributed by atoms with Gasteiger partial charge < -0.3 is 9.84 Å². The Morgan fingerprint density at radius 3 is 2.75 bits per heavy atom. The Labute approximate surface area is 119 Å². The summed E-state index contributed by atoms with van der Waals surface area (Å²) in [5, 5.41) is 11.2. The van der Waals surface area contributed by atoms with Gasteiger partial charge in [-0.05, 0) is 25.0 Å². The van der Waals surface area contributed by atoms with Crippen molar-refractivity contribution >= 4 is 10.9 Å². The number of nitrogens with zero attached hydrogens (tertiary/aromatic N) is 1. The number of ether oxygens (including phenoxy) is 1. The third-order valence-corrected chi connectivity index (χ3v) is 4.90. The lowest BCUT2D eigenvalue weighted by atomic mass is 9.60. The molecule has 2 unspecified atom stereocenters. The molecular weight excluding hydrogens is 250 g/mol. The first kappa shape index (κ1) is 13.4. The molecule has 0 saturated heterocycles. The van der Waals surface area contributed by atoms with Crippen molar-refractivity contribution < 1.29 is 9.84 Å². The van der Waals surface area contributed by atoms with Crippen LogP contribution in [0.5, 0.6) is 5.75 Å². The van der Waals surface area contributed by atoms with Gasteiger partial charge >= 0.3 is 0 Å². The molecule has 2 aromatic rings. The fraction of sp³-hybridized carbons (Fsp3) is 0.471. The number of aliphatic hydroxyl groups excluding tert-OH is 1. The zero-order valence-electron chi connectivity index (χ0n) is 12.0. The number of rotatable bonds is 4. The number of aromatic nitrogens is 1. The standard InChI is InChI=1S/C17H21NO2/c1-3-17(4-2)15(19)10-16(17)20-13-9-12-7-5-6-8-14(12)18-11-13/h5-9,11,15-16,19H,3-4,10H2,1-2H3. The fourth-order valence-corrected chi connectivity index (χ4v) is 3.35. The first-order valence-electron chi connectivity index (χ1n) is 7.39. The van der Waals surface area contributed by atoms with E-state index in [1.54, 1.807) is 6.20 Å². The molecule has 1 aromatic carbocycles. The smallest absolute Gasteiger partial charge is 0.138 e. The van der Waals surface area contributed by atoms with Crippen LogP contribution in [0, 0.1) is 5.41 Å². The van der Waals surface area contributed by atoms with Gasteiger partial charge in [0, 0.05) is 17.2 Å². The lowest BCUT2D eigenvalue weighted by Gasteiger charge is -2.52. The predicted molar refractivity (Wildman–Crippen MR) is 79.8 cm³/mol. The Balaban J connectivity index is 1.83. The van der Waals surface area contributed by atoms with E-state index in [1.165, 1.54) is 0 Å². The summed E-state index contributed by atoms with van der Waals surface area (Å²) in [7, 11) is 0. The summed E-state index contributed by atoms with van der Waals surface area (Å²) < 4.78 is 6.10. The first-order valence-corrected chi connectivity index (χ1v) is 7.39.